The van der Waals surface area contributed by atoms with Gasteiger partial charge in [-0.15, -0.1) is 0 Å². The van der Waals surface area contributed by atoms with E-state index in [1.807, 2.05) is 0 Å². The van der Waals surface area contributed by atoms with Gasteiger partial charge in [0.1, 0.15) is 0 Å². The van der Waals surface area contributed by atoms with E-state index in [0.29, 0.717) is 36.6 Å². The van der Waals surface area contributed by atoms with E-state index >= 15 is 0 Å². The zero-order valence-electron chi connectivity index (χ0n) is 12.8. The summed E-state index contributed by atoms with van der Waals surface area (Å²) in [6, 6.07) is 4.69. The van der Waals surface area contributed by atoms with Gasteiger partial charge < -0.3 is 19.7 Å². The lowest BCUT2D eigenvalue weighted by molar-refractivity contribution is -0.131. The quantitative estimate of drug-likeness (QED) is 0.863. The highest BCUT2D eigenvalue weighted by Crippen LogP contribution is 2.33. The zero-order valence-corrected chi connectivity index (χ0v) is 13.6. The minimum Gasteiger partial charge on any atom is -0.454 e. The molecule has 0 aliphatic carbocycles. The number of amides is 2. The van der Waals surface area contributed by atoms with Gasteiger partial charge in [-0.2, -0.15) is 0 Å². The van der Waals surface area contributed by atoms with E-state index in [0.717, 1.165) is 5.75 Å². The highest BCUT2D eigenvalue weighted by molar-refractivity contribution is 8.14. The van der Waals surface area contributed by atoms with Crippen molar-refractivity contribution in [1.82, 2.24) is 10.2 Å². The number of fused-ring (bicyclic) bond motifs is 1. The normalized spacial score (nSPS) is 22.4. The van der Waals surface area contributed by atoms with Crippen molar-refractivity contribution in [1.29, 1.82) is 0 Å². The van der Waals surface area contributed by atoms with Crippen LogP contribution in [0.4, 0.5) is 0 Å². The summed E-state index contributed by atoms with van der Waals surface area (Å²) >= 11 is 1.26. The van der Waals surface area contributed by atoms with Crippen molar-refractivity contribution < 1.29 is 23.9 Å². The number of carbonyl (C=O) groups excluding carboxylic acids is 3. The fourth-order valence-corrected chi connectivity index (χ4v) is 3.87. The van der Waals surface area contributed by atoms with Crippen LogP contribution in [-0.2, 0) is 9.59 Å². The maximum Gasteiger partial charge on any atom is 0.254 e. The van der Waals surface area contributed by atoms with Gasteiger partial charge in [-0.1, -0.05) is 11.8 Å². The molecule has 4 rings (SSSR count). The molecule has 0 saturated carbocycles. The van der Waals surface area contributed by atoms with Gasteiger partial charge in [0.25, 0.3) is 5.91 Å². The molecule has 7 nitrogen and oxygen atoms in total. The second-order valence-electron chi connectivity index (χ2n) is 5.99. The van der Waals surface area contributed by atoms with Crippen molar-refractivity contribution in [2.75, 3.05) is 25.6 Å². The molecule has 8 heteroatoms. The topological polar surface area (TPSA) is 84.9 Å². The van der Waals surface area contributed by atoms with Gasteiger partial charge in [-0.05, 0) is 24.6 Å². The first kappa shape index (κ1) is 15.3. The van der Waals surface area contributed by atoms with Crippen molar-refractivity contribution in [3.05, 3.63) is 23.8 Å². The number of nitrogens with one attached hydrogen (secondary N) is 1. The first-order valence-corrected chi connectivity index (χ1v) is 8.76. The van der Waals surface area contributed by atoms with Crippen LogP contribution in [-0.4, -0.2) is 53.5 Å². The number of nitrogens with zero attached hydrogens (tertiary/aromatic N) is 1. The van der Waals surface area contributed by atoms with Crippen LogP contribution in [0.1, 0.15) is 16.8 Å². The minimum absolute atomic E-state index is 0.0240. The van der Waals surface area contributed by atoms with Crippen LogP contribution in [0.15, 0.2) is 18.2 Å². The molecule has 0 aromatic heterocycles. The van der Waals surface area contributed by atoms with Gasteiger partial charge in [0.15, 0.2) is 11.5 Å². The summed E-state index contributed by atoms with van der Waals surface area (Å²) in [6.45, 7) is 0.900. The number of ether oxygens (including phenoxy) is 2. The van der Waals surface area contributed by atoms with Crippen LogP contribution < -0.4 is 14.8 Å². The number of likely N-dealkylation sites (tertiary alicyclic amines) is 1. The lowest BCUT2D eigenvalue weighted by atomic mass is 9.97. The van der Waals surface area contributed by atoms with Crippen LogP contribution >= 0.6 is 11.8 Å². The van der Waals surface area contributed by atoms with E-state index in [-0.39, 0.29) is 35.7 Å². The maximum atomic E-state index is 12.4. The standard InChI is InChI=1S/C16H16N2O5S/c19-14(17-11-3-4-24-16(11)21)10-6-18(7-10)15(20)9-1-2-12-13(5-9)23-8-22-12/h1-2,5,10-11H,3-4,6-8H2,(H,17,19). The molecule has 3 aliphatic rings. The second kappa shape index (κ2) is 6.01. The van der Waals surface area contributed by atoms with E-state index in [9.17, 15) is 14.4 Å². The van der Waals surface area contributed by atoms with Gasteiger partial charge in [0.05, 0.1) is 12.0 Å². The Balaban J connectivity index is 1.32. The summed E-state index contributed by atoms with van der Waals surface area (Å²) in [6.07, 6.45) is 0.682. The summed E-state index contributed by atoms with van der Waals surface area (Å²) < 4.78 is 10.5. The summed E-state index contributed by atoms with van der Waals surface area (Å²) in [5, 5.41) is 2.80. The van der Waals surface area contributed by atoms with Crippen molar-refractivity contribution in [3.63, 3.8) is 0 Å². The van der Waals surface area contributed by atoms with Crippen LogP contribution in [0.2, 0.25) is 0 Å². The van der Waals surface area contributed by atoms with E-state index in [1.165, 1.54) is 11.8 Å². The van der Waals surface area contributed by atoms with Crippen molar-refractivity contribution in [2.24, 2.45) is 5.92 Å². The van der Waals surface area contributed by atoms with Gasteiger partial charge in [-0.3, -0.25) is 14.4 Å². The van der Waals surface area contributed by atoms with Gasteiger partial charge in [0.2, 0.25) is 17.8 Å². The third kappa shape index (κ3) is 2.71. The molecule has 1 N–H and O–H groups in total. The van der Waals surface area contributed by atoms with E-state index < -0.39 is 0 Å². The fourth-order valence-electron chi connectivity index (χ4n) is 2.94. The first-order valence-electron chi connectivity index (χ1n) is 7.78. The highest BCUT2D eigenvalue weighted by Gasteiger charge is 2.38. The average Bonchev–Trinajstić information content (AvgIpc) is 3.14. The predicted molar refractivity (Wildman–Crippen MR) is 86.0 cm³/mol. The minimum atomic E-state index is -0.374. The number of benzene rings is 1. The SMILES string of the molecule is O=C(NC1CCSC1=O)C1CN(C(=O)c2ccc3c(c2)OCO3)C1. The summed E-state index contributed by atoms with van der Waals surface area (Å²) in [5.41, 5.74) is 0.514. The maximum absolute atomic E-state index is 12.4. The van der Waals surface area contributed by atoms with E-state index in [1.54, 1.807) is 23.1 Å². The molecule has 24 heavy (non-hydrogen) atoms. The van der Waals surface area contributed by atoms with Crippen LogP contribution in [0.3, 0.4) is 0 Å². The Morgan fingerprint density at radius 2 is 2.00 bits per heavy atom. The molecule has 0 spiro atoms. The first-order chi connectivity index (χ1) is 11.6. The monoisotopic (exact) mass is 348 g/mol. The molecule has 0 radical (unpaired) electrons. The molecule has 2 amide bonds. The molecule has 1 aromatic carbocycles. The third-order valence-corrected chi connectivity index (χ3v) is 5.42. The lowest BCUT2D eigenvalue weighted by Gasteiger charge is -2.38. The smallest absolute Gasteiger partial charge is 0.254 e. The summed E-state index contributed by atoms with van der Waals surface area (Å²) in [5.74, 6) is 1.42. The molecule has 0 bridgehead atoms. The van der Waals surface area contributed by atoms with Crippen LogP contribution in [0, 0.1) is 5.92 Å². The Kier molecular flexibility index (Phi) is 3.84. The van der Waals surface area contributed by atoms with Crippen molar-refractivity contribution >= 4 is 28.7 Å². The number of thioether (sulfide) groups is 1. The van der Waals surface area contributed by atoms with Gasteiger partial charge in [0, 0.05) is 24.4 Å². The molecular formula is C16H16N2O5S. The second-order valence-corrected chi connectivity index (χ2v) is 7.09. The molecule has 2 fully saturated rings. The highest BCUT2D eigenvalue weighted by atomic mass is 32.2. The number of hydrogen-bond donors (Lipinski definition) is 1. The van der Waals surface area contributed by atoms with E-state index in [4.69, 9.17) is 9.47 Å². The Morgan fingerprint density at radius 3 is 2.75 bits per heavy atom. The third-order valence-electron chi connectivity index (χ3n) is 4.41. The van der Waals surface area contributed by atoms with Gasteiger partial charge >= 0.3 is 0 Å². The molecular weight excluding hydrogens is 332 g/mol. The largest absolute Gasteiger partial charge is 0.454 e. The average molecular weight is 348 g/mol. The van der Waals surface area contributed by atoms with Crippen molar-refractivity contribution in [2.45, 2.75) is 12.5 Å². The summed E-state index contributed by atoms with van der Waals surface area (Å²) in [4.78, 5) is 37.7. The summed E-state index contributed by atoms with van der Waals surface area (Å²) in [7, 11) is 0. The number of rotatable bonds is 3. The molecule has 1 aromatic rings. The molecule has 3 heterocycles. The lowest BCUT2D eigenvalue weighted by Crippen LogP contribution is -2.57. The van der Waals surface area contributed by atoms with Crippen LogP contribution in [0.25, 0.3) is 0 Å². The fraction of sp³-hybridized carbons (Fsp3) is 0.438. The zero-order chi connectivity index (χ0) is 16.7. The predicted octanol–water partition coefficient (Wildman–Crippen LogP) is 0.636. The molecule has 1 atom stereocenters. The number of carbonyl (C=O) groups is 3. The Morgan fingerprint density at radius 1 is 1.21 bits per heavy atom. The Bertz CT molecular complexity index is 716. The molecule has 2 saturated heterocycles. The molecule has 126 valence electrons. The van der Waals surface area contributed by atoms with Gasteiger partial charge in [-0.25, -0.2) is 0 Å². The Hall–Kier alpha value is -2.22. The molecule has 1 unspecified atom stereocenters. The van der Waals surface area contributed by atoms with E-state index in [2.05, 4.69) is 5.32 Å². The van der Waals surface area contributed by atoms with Crippen molar-refractivity contribution in [3.8, 4) is 11.5 Å². The Labute approximate surface area is 142 Å². The number of hydrogen-bond acceptors (Lipinski definition) is 6. The van der Waals surface area contributed by atoms with Crippen LogP contribution in [0.5, 0.6) is 11.5 Å². The molecule has 3 aliphatic heterocycles.